The molecule has 0 amide bonds. The molecule has 1 atom stereocenters. The van der Waals surface area contributed by atoms with Crippen molar-refractivity contribution in [2.45, 2.75) is 12.8 Å². The van der Waals surface area contributed by atoms with Gasteiger partial charge in [-0.25, -0.2) is 0 Å². The van der Waals surface area contributed by atoms with Gasteiger partial charge in [-0.05, 0) is 19.1 Å². The van der Waals surface area contributed by atoms with Gasteiger partial charge in [-0.3, -0.25) is 4.79 Å². The average Bonchev–Trinajstić information content (AvgIpc) is 2.71. The number of rotatable bonds is 3. The normalized spacial score (nSPS) is 12.3. The van der Waals surface area contributed by atoms with Gasteiger partial charge in [-0.15, -0.1) is 0 Å². The van der Waals surface area contributed by atoms with Gasteiger partial charge in [-0.1, -0.05) is 23.7 Å². The van der Waals surface area contributed by atoms with Crippen LogP contribution in [0.15, 0.2) is 30.3 Å². The fourth-order valence-electron chi connectivity index (χ4n) is 1.53. The second-order valence-corrected chi connectivity index (χ2v) is 4.26. The lowest BCUT2D eigenvalue weighted by atomic mass is 10.1. The van der Waals surface area contributed by atoms with Crippen molar-refractivity contribution in [1.29, 1.82) is 0 Å². The molecule has 1 heterocycles. The molecule has 2 rings (SSSR count). The topological polar surface area (TPSA) is 75.3 Å². The SMILES string of the molecule is CC(C(=O)O)c1cc(O)n(-c2ccccc2Cl)n1. The molecule has 1 aromatic heterocycles. The molecule has 1 aromatic carbocycles. The fraction of sp³-hybridized carbons (Fsp3) is 0.167. The van der Waals surface area contributed by atoms with Gasteiger partial charge < -0.3 is 10.2 Å². The molecule has 5 nitrogen and oxygen atoms in total. The first-order chi connectivity index (χ1) is 8.50. The summed E-state index contributed by atoms with van der Waals surface area (Å²) < 4.78 is 1.22. The lowest BCUT2D eigenvalue weighted by Crippen LogP contribution is -2.08. The Morgan fingerprint density at radius 2 is 2.11 bits per heavy atom. The number of carboxylic acids is 1. The highest BCUT2D eigenvalue weighted by Crippen LogP contribution is 2.26. The Kier molecular flexibility index (Phi) is 3.25. The van der Waals surface area contributed by atoms with Crippen molar-refractivity contribution in [2.75, 3.05) is 0 Å². The molecule has 6 heteroatoms. The van der Waals surface area contributed by atoms with E-state index in [0.717, 1.165) is 0 Å². The van der Waals surface area contributed by atoms with E-state index in [2.05, 4.69) is 5.10 Å². The highest BCUT2D eigenvalue weighted by molar-refractivity contribution is 6.32. The summed E-state index contributed by atoms with van der Waals surface area (Å²) in [5.74, 6) is -1.94. The van der Waals surface area contributed by atoms with Crippen molar-refractivity contribution in [1.82, 2.24) is 9.78 Å². The summed E-state index contributed by atoms with van der Waals surface area (Å²) in [6.45, 7) is 1.50. The van der Waals surface area contributed by atoms with E-state index in [4.69, 9.17) is 16.7 Å². The number of hydrogen-bond donors (Lipinski definition) is 2. The molecule has 0 aliphatic rings. The minimum atomic E-state index is -1.00. The minimum absolute atomic E-state index is 0.147. The summed E-state index contributed by atoms with van der Waals surface area (Å²) in [7, 11) is 0. The molecular formula is C12H11ClN2O3. The first-order valence-electron chi connectivity index (χ1n) is 5.27. The second kappa shape index (κ2) is 4.70. The third-order valence-corrected chi connectivity index (χ3v) is 2.92. The summed E-state index contributed by atoms with van der Waals surface area (Å²) in [5, 5.41) is 23.2. The Morgan fingerprint density at radius 1 is 1.44 bits per heavy atom. The molecule has 0 saturated carbocycles. The Hall–Kier alpha value is -2.01. The van der Waals surface area contributed by atoms with E-state index >= 15 is 0 Å². The lowest BCUT2D eigenvalue weighted by Gasteiger charge is -2.05. The largest absolute Gasteiger partial charge is 0.493 e. The van der Waals surface area contributed by atoms with Gasteiger partial charge >= 0.3 is 5.97 Å². The van der Waals surface area contributed by atoms with E-state index in [9.17, 15) is 9.90 Å². The number of aliphatic carboxylic acids is 1. The highest BCUT2D eigenvalue weighted by atomic mass is 35.5. The van der Waals surface area contributed by atoms with Crippen LogP contribution < -0.4 is 0 Å². The molecule has 0 saturated heterocycles. The van der Waals surface area contributed by atoms with Crippen LogP contribution in [0.25, 0.3) is 5.69 Å². The Morgan fingerprint density at radius 3 is 2.72 bits per heavy atom. The van der Waals surface area contributed by atoms with Gasteiger partial charge in [0, 0.05) is 6.07 Å². The fourth-order valence-corrected chi connectivity index (χ4v) is 1.74. The van der Waals surface area contributed by atoms with E-state index in [1.165, 1.54) is 17.7 Å². The molecule has 1 unspecified atom stereocenters. The van der Waals surface area contributed by atoms with Crippen LogP contribution >= 0.6 is 11.6 Å². The molecule has 94 valence electrons. The van der Waals surface area contributed by atoms with Crippen LogP contribution in [-0.4, -0.2) is 26.0 Å². The maximum atomic E-state index is 10.9. The summed E-state index contributed by atoms with van der Waals surface area (Å²) in [4.78, 5) is 10.9. The molecule has 0 fully saturated rings. The van der Waals surface area contributed by atoms with Crippen LogP contribution in [0.1, 0.15) is 18.5 Å². The molecule has 0 spiro atoms. The van der Waals surface area contributed by atoms with Crippen molar-refractivity contribution in [3.8, 4) is 11.6 Å². The zero-order valence-electron chi connectivity index (χ0n) is 9.54. The molecule has 2 N–H and O–H groups in total. The van der Waals surface area contributed by atoms with Gasteiger partial charge in [0.2, 0.25) is 5.88 Å². The van der Waals surface area contributed by atoms with Crippen LogP contribution in [0.5, 0.6) is 5.88 Å². The molecule has 0 radical (unpaired) electrons. The number of carboxylic acid groups (broad SMARTS) is 1. The Labute approximate surface area is 108 Å². The van der Waals surface area contributed by atoms with Crippen LogP contribution in [0.2, 0.25) is 5.02 Å². The third-order valence-electron chi connectivity index (χ3n) is 2.60. The molecule has 0 aliphatic carbocycles. The Bertz CT molecular complexity index is 595. The quantitative estimate of drug-likeness (QED) is 0.895. The number of nitrogens with zero attached hydrogens (tertiary/aromatic N) is 2. The highest BCUT2D eigenvalue weighted by Gasteiger charge is 2.20. The average molecular weight is 267 g/mol. The number of aromatic nitrogens is 2. The predicted molar refractivity (Wildman–Crippen MR) is 66.3 cm³/mol. The van der Waals surface area contributed by atoms with Crippen molar-refractivity contribution < 1.29 is 15.0 Å². The molecule has 18 heavy (non-hydrogen) atoms. The van der Waals surface area contributed by atoms with E-state index in [-0.39, 0.29) is 11.6 Å². The number of carbonyl (C=O) groups is 1. The second-order valence-electron chi connectivity index (χ2n) is 3.85. The number of benzene rings is 1. The van der Waals surface area contributed by atoms with Gasteiger partial charge in [0.15, 0.2) is 0 Å². The van der Waals surface area contributed by atoms with Crippen LogP contribution in [0, 0.1) is 0 Å². The van der Waals surface area contributed by atoms with Crippen LogP contribution in [0.4, 0.5) is 0 Å². The van der Waals surface area contributed by atoms with Gasteiger partial charge in [0.25, 0.3) is 0 Å². The number of hydrogen-bond acceptors (Lipinski definition) is 3. The maximum absolute atomic E-state index is 10.9. The van der Waals surface area contributed by atoms with E-state index in [1.54, 1.807) is 24.3 Å². The number of para-hydroxylation sites is 1. The monoisotopic (exact) mass is 266 g/mol. The van der Waals surface area contributed by atoms with Crippen molar-refractivity contribution in [3.05, 3.63) is 41.0 Å². The zero-order chi connectivity index (χ0) is 13.3. The van der Waals surface area contributed by atoms with Crippen LogP contribution in [0.3, 0.4) is 0 Å². The summed E-state index contributed by atoms with van der Waals surface area (Å²) >= 11 is 5.99. The molecule has 0 aliphatic heterocycles. The molecule has 0 bridgehead atoms. The van der Waals surface area contributed by atoms with E-state index < -0.39 is 11.9 Å². The van der Waals surface area contributed by atoms with Crippen molar-refractivity contribution in [2.24, 2.45) is 0 Å². The van der Waals surface area contributed by atoms with Gasteiger partial charge in [0.05, 0.1) is 22.3 Å². The third kappa shape index (κ3) is 2.17. The zero-order valence-corrected chi connectivity index (χ0v) is 10.3. The van der Waals surface area contributed by atoms with Crippen LogP contribution in [-0.2, 0) is 4.79 Å². The summed E-state index contributed by atoms with van der Waals surface area (Å²) in [6, 6.07) is 8.18. The number of halogens is 1. The predicted octanol–water partition coefficient (Wildman–Crippen LogP) is 2.42. The lowest BCUT2D eigenvalue weighted by molar-refractivity contribution is -0.138. The van der Waals surface area contributed by atoms with Gasteiger partial charge in [0.1, 0.15) is 0 Å². The summed E-state index contributed by atoms with van der Waals surface area (Å²) in [6.07, 6.45) is 0. The first-order valence-corrected chi connectivity index (χ1v) is 5.65. The van der Waals surface area contributed by atoms with E-state index in [1.807, 2.05) is 0 Å². The van der Waals surface area contributed by atoms with Gasteiger partial charge in [-0.2, -0.15) is 9.78 Å². The standard InChI is InChI=1S/C12H11ClN2O3/c1-7(12(17)18)9-6-11(16)15(14-9)10-5-3-2-4-8(10)13/h2-7,16H,1H3,(H,17,18). The minimum Gasteiger partial charge on any atom is -0.493 e. The smallest absolute Gasteiger partial charge is 0.312 e. The van der Waals surface area contributed by atoms with Crippen molar-refractivity contribution in [3.63, 3.8) is 0 Å². The molecular weight excluding hydrogens is 256 g/mol. The maximum Gasteiger partial charge on any atom is 0.312 e. The van der Waals surface area contributed by atoms with Crippen molar-refractivity contribution >= 4 is 17.6 Å². The number of aromatic hydroxyl groups is 1. The Balaban J connectivity index is 2.48. The molecule has 2 aromatic rings. The van der Waals surface area contributed by atoms with E-state index in [0.29, 0.717) is 10.7 Å². The first kappa shape index (κ1) is 12.4. The summed E-state index contributed by atoms with van der Waals surface area (Å²) in [5.41, 5.74) is 0.778.